The molecule has 0 fully saturated rings. The minimum atomic E-state index is 0.291. The number of furan rings is 1. The summed E-state index contributed by atoms with van der Waals surface area (Å²) >= 11 is 5.95. The number of hydrogen-bond donors (Lipinski definition) is 0. The lowest BCUT2D eigenvalue weighted by atomic mass is 10.2. The van der Waals surface area contributed by atoms with Crippen molar-refractivity contribution >= 4 is 17.2 Å². The molecule has 3 aromatic heterocycles. The molecule has 24 heavy (non-hydrogen) atoms. The Morgan fingerprint density at radius 2 is 2.00 bits per heavy atom. The van der Waals surface area contributed by atoms with Crippen LogP contribution in [0.5, 0.6) is 6.01 Å². The molecule has 0 aliphatic heterocycles. The number of fused-ring (bicyclic) bond motifs is 1. The molecule has 4 aromatic rings. The van der Waals surface area contributed by atoms with E-state index in [4.69, 9.17) is 20.8 Å². The van der Waals surface area contributed by atoms with Crippen LogP contribution in [0.25, 0.3) is 28.5 Å². The van der Waals surface area contributed by atoms with E-state index >= 15 is 0 Å². The molecule has 0 bridgehead atoms. The Labute approximate surface area is 142 Å². The Bertz CT molecular complexity index is 978. The Hall–Kier alpha value is -2.86. The smallest absolute Gasteiger partial charge is 0.320 e. The van der Waals surface area contributed by atoms with E-state index in [1.807, 2.05) is 43.3 Å². The highest BCUT2D eigenvalue weighted by Gasteiger charge is 2.16. The Balaban J connectivity index is 1.91. The van der Waals surface area contributed by atoms with Gasteiger partial charge < -0.3 is 9.15 Å². The average molecular weight is 341 g/mol. The SMILES string of the molecule is CCOc1nc(-c2ccco2)n2nc(-c3ccc(Cl)cc3)cc2n1. The lowest BCUT2D eigenvalue weighted by Crippen LogP contribution is -2.04. The van der Waals surface area contributed by atoms with Crippen LogP contribution in [-0.4, -0.2) is 26.2 Å². The number of ether oxygens (including phenoxy) is 1. The van der Waals surface area contributed by atoms with Gasteiger partial charge in [-0.25, -0.2) is 0 Å². The summed E-state index contributed by atoms with van der Waals surface area (Å²) in [7, 11) is 0. The van der Waals surface area contributed by atoms with E-state index in [0.29, 0.717) is 34.9 Å². The Morgan fingerprint density at radius 3 is 2.71 bits per heavy atom. The zero-order valence-corrected chi connectivity index (χ0v) is 13.6. The number of nitrogens with zero attached hydrogens (tertiary/aromatic N) is 4. The van der Waals surface area contributed by atoms with Gasteiger partial charge in [0.25, 0.3) is 0 Å². The van der Waals surface area contributed by atoms with E-state index in [1.165, 1.54) is 0 Å². The number of benzene rings is 1. The van der Waals surface area contributed by atoms with Crippen LogP contribution in [0.1, 0.15) is 6.92 Å². The molecule has 0 aliphatic rings. The normalized spacial score (nSPS) is 11.1. The third-order valence-electron chi connectivity index (χ3n) is 3.46. The first kappa shape index (κ1) is 14.7. The van der Waals surface area contributed by atoms with E-state index < -0.39 is 0 Å². The lowest BCUT2D eigenvalue weighted by Gasteiger charge is -2.04. The summed E-state index contributed by atoms with van der Waals surface area (Å²) in [4.78, 5) is 8.81. The molecule has 120 valence electrons. The van der Waals surface area contributed by atoms with Gasteiger partial charge in [-0.3, -0.25) is 0 Å². The van der Waals surface area contributed by atoms with Crippen molar-refractivity contribution in [1.82, 2.24) is 19.6 Å². The topological polar surface area (TPSA) is 65.5 Å². The summed E-state index contributed by atoms with van der Waals surface area (Å²) in [5.41, 5.74) is 2.33. The molecule has 0 unspecified atom stereocenters. The summed E-state index contributed by atoms with van der Waals surface area (Å²) in [6.07, 6.45) is 1.59. The van der Waals surface area contributed by atoms with Gasteiger partial charge in [-0.1, -0.05) is 23.7 Å². The number of hydrogen-bond acceptors (Lipinski definition) is 5. The molecule has 0 radical (unpaired) electrons. The van der Waals surface area contributed by atoms with Crippen molar-refractivity contribution in [3.8, 4) is 28.9 Å². The highest BCUT2D eigenvalue weighted by Crippen LogP contribution is 2.26. The van der Waals surface area contributed by atoms with Gasteiger partial charge in [-0.05, 0) is 31.2 Å². The van der Waals surface area contributed by atoms with E-state index in [-0.39, 0.29) is 0 Å². The van der Waals surface area contributed by atoms with Crippen LogP contribution < -0.4 is 4.74 Å². The zero-order chi connectivity index (χ0) is 16.5. The maximum absolute atomic E-state index is 5.95. The van der Waals surface area contributed by atoms with Crippen molar-refractivity contribution in [3.05, 3.63) is 53.8 Å². The number of aromatic nitrogens is 4. The molecule has 0 atom stereocenters. The van der Waals surface area contributed by atoms with Crippen molar-refractivity contribution < 1.29 is 9.15 Å². The van der Waals surface area contributed by atoms with Crippen molar-refractivity contribution in [2.75, 3.05) is 6.61 Å². The molecule has 7 heteroatoms. The Morgan fingerprint density at radius 1 is 1.17 bits per heavy atom. The second-order valence-corrected chi connectivity index (χ2v) is 5.48. The maximum Gasteiger partial charge on any atom is 0.320 e. The first-order valence-corrected chi connectivity index (χ1v) is 7.83. The van der Waals surface area contributed by atoms with Crippen LogP contribution in [0.2, 0.25) is 5.02 Å². The zero-order valence-electron chi connectivity index (χ0n) is 12.8. The van der Waals surface area contributed by atoms with Crippen molar-refractivity contribution in [2.24, 2.45) is 0 Å². The molecule has 0 amide bonds. The minimum Gasteiger partial charge on any atom is -0.464 e. The largest absolute Gasteiger partial charge is 0.464 e. The van der Waals surface area contributed by atoms with E-state index in [2.05, 4.69) is 15.1 Å². The monoisotopic (exact) mass is 340 g/mol. The minimum absolute atomic E-state index is 0.291. The van der Waals surface area contributed by atoms with Crippen molar-refractivity contribution in [1.29, 1.82) is 0 Å². The fourth-order valence-electron chi connectivity index (χ4n) is 2.39. The van der Waals surface area contributed by atoms with Gasteiger partial charge in [0, 0.05) is 16.7 Å². The van der Waals surface area contributed by atoms with Gasteiger partial charge in [0.15, 0.2) is 11.4 Å². The molecular weight excluding hydrogens is 328 g/mol. The summed E-state index contributed by atoms with van der Waals surface area (Å²) < 4.78 is 12.6. The molecule has 4 rings (SSSR count). The molecule has 0 N–H and O–H groups in total. The van der Waals surface area contributed by atoms with E-state index in [1.54, 1.807) is 16.8 Å². The second kappa shape index (κ2) is 5.98. The molecular formula is C17H13ClN4O2. The predicted octanol–water partition coefficient (Wildman–Crippen LogP) is 4.10. The van der Waals surface area contributed by atoms with Crippen LogP contribution in [0, 0.1) is 0 Å². The molecule has 0 saturated carbocycles. The molecule has 0 saturated heterocycles. The summed E-state index contributed by atoms with van der Waals surface area (Å²) in [5, 5.41) is 5.28. The standard InChI is InChI=1S/C17H13ClN4O2/c1-2-23-17-19-15-10-13(11-5-7-12(18)8-6-11)21-22(15)16(20-17)14-4-3-9-24-14/h3-10H,2H2,1H3. The van der Waals surface area contributed by atoms with Crippen LogP contribution in [-0.2, 0) is 0 Å². The van der Waals surface area contributed by atoms with Gasteiger partial charge in [-0.2, -0.15) is 19.6 Å². The predicted molar refractivity (Wildman–Crippen MR) is 90.1 cm³/mol. The third-order valence-corrected chi connectivity index (χ3v) is 3.71. The van der Waals surface area contributed by atoms with Crippen LogP contribution in [0.4, 0.5) is 0 Å². The third kappa shape index (κ3) is 2.61. The van der Waals surface area contributed by atoms with Crippen LogP contribution in [0.15, 0.2) is 53.1 Å². The first-order chi connectivity index (χ1) is 11.7. The summed E-state index contributed by atoms with van der Waals surface area (Å²) in [5.74, 6) is 1.13. The van der Waals surface area contributed by atoms with Gasteiger partial charge in [0.2, 0.25) is 5.82 Å². The van der Waals surface area contributed by atoms with Crippen LogP contribution >= 0.6 is 11.6 Å². The molecule has 0 aliphatic carbocycles. The van der Waals surface area contributed by atoms with Crippen LogP contribution in [0.3, 0.4) is 0 Å². The summed E-state index contributed by atoms with van der Waals surface area (Å²) in [6, 6.07) is 13.3. The van der Waals surface area contributed by atoms with E-state index in [0.717, 1.165) is 11.3 Å². The van der Waals surface area contributed by atoms with Gasteiger partial charge in [0.1, 0.15) is 0 Å². The van der Waals surface area contributed by atoms with E-state index in [9.17, 15) is 0 Å². The average Bonchev–Trinajstić information content (AvgIpc) is 3.24. The van der Waals surface area contributed by atoms with Crippen molar-refractivity contribution in [2.45, 2.75) is 6.92 Å². The highest BCUT2D eigenvalue weighted by atomic mass is 35.5. The first-order valence-electron chi connectivity index (χ1n) is 7.45. The second-order valence-electron chi connectivity index (χ2n) is 5.05. The van der Waals surface area contributed by atoms with Gasteiger partial charge in [0.05, 0.1) is 18.6 Å². The number of halogens is 1. The van der Waals surface area contributed by atoms with Crippen molar-refractivity contribution in [3.63, 3.8) is 0 Å². The van der Waals surface area contributed by atoms with Gasteiger partial charge >= 0.3 is 6.01 Å². The molecule has 6 nitrogen and oxygen atoms in total. The summed E-state index contributed by atoms with van der Waals surface area (Å²) in [6.45, 7) is 2.36. The molecule has 1 aromatic carbocycles. The molecule has 3 heterocycles. The lowest BCUT2D eigenvalue weighted by molar-refractivity contribution is 0.312. The number of rotatable bonds is 4. The van der Waals surface area contributed by atoms with Gasteiger partial charge in [-0.15, -0.1) is 0 Å². The maximum atomic E-state index is 5.95. The molecule has 0 spiro atoms. The fourth-order valence-corrected chi connectivity index (χ4v) is 2.51. The Kier molecular flexibility index (Phi) is 3.66. The quantitative estimate of drug-likeness (QED) is 0.559. The fraction of sp³-hybridized carbons (Fsp3) is 0.118. The highest BCUT2D eigenvalue weighted by molar-refractivity contribution is 6.30.